The summed E-state index contributed by atoms with van der Waals surface area (Å²) in [5.74, 6) is 0.725. The minimum atomic E-state index is -0.646. The van der Waals surface area contributed by atoms with Crippen LogP contribution in [-0.2, 0) is 14.3 Å². The monoisotopic (exact) mass is 477 g/mol. The van der Waals surface area contributed by atoms with Gasteiger partial charge in [0.15, 0.2) is 0 Å². The van der Waals surface area contributed by atoms with Gasteiger partial charge in [-0.25, -0.2) is 9.80 Å². The molecule has 4 amide bonds. The standard InChI is InChI=1S/C25H27N5O5/c1-28-20-15-29(16-21(31)27-30-10-12-34-13-11-30)24(32)22(20)23(26-25(28)33)17-6-5-9-19(14-17)35-18-7-3-2-4-8-18/h2-9,14,23H,10-13,15-16H2,1H3,(H,26,33)(H,27,31). The van der Waals surface area contributed by atoms with Gasteiger partial charge in [-0.2, -0.15) is 0 Å². The second-order valence-corrected chi connectivity index (χ2v) is 8.59. The first-order valence-electron chi connectivity index (χ1n) is 11.5. The Bertz CT molecular complexity index is 1160. The molecule has 0 aromatic heterocycles. The molecule has 10 heteroatoms. The van der Waals surface area contributed by atoms with Gasteiger partial charge in [0, 0.05) is 20.1 Å². The molecular formula is C25H27N5O5. The van der Waals surface area contributed by atoms with Crippen LogP contribution in [0.5, 0.6) is 11.5 Å². The van der Waals surface area contributed by atoms with Gasteiger partial charge in [-0.1, -0.05) is 30.3 Å². The lowest BCUT2D eigenvalue weighted by atomic mass is 9.95. The van der Waals surface area contributed by atoms with E-state index in [9.17, 15) is 14.4 Å². The number of ether oxygens (including phenoxy) is 2. The van der Waals surface area contributed by atoms with E-state index in [1.165, 1.54) is 9.80 Å². The van der Waals surface area contributed by atoms with Crippen molar-refractivity contribution in [1.29, 1.82) is 0 Å². The number of rotatable bonds is 6. The van der Waals surface area contributed by atoms with Crippen molar-refractivity contribution in [2.24, 2.45) is 0 Å². The Morgan fingerprint density at radius 1 is 1.09 bits per heavy atom. The second-order valence-electron chi connectivity index (χ2n) is 8.59. The van der Waals surface area contributed by atoms with Crippen molar-refractivity contribution in [3.63, 3.8) is 0 Å². The molecule has 5 rings (SSSR count). The van der Waals surface area contributed by atoms with Gasteiger partial charge < -0.3 is 19.7 Å². The lowest BCUT2D eigenvalue weighted by Gasteiger charge is -2.31. The number of nitrogens with one attached hydrogen (secondary N) is 2. The van der Waals surface area contributed by atoms with E-state index in [1.807, 2.05) is 54.6 Å². The molecule has 2 aromatic rings. The number of urea groups is 1. The molecular weight excluding hydrogens is 450 g/mol. The maximum atomic E-state index is 13.4. The molecule has 0 saturated carbocycles. The summed E-state index contributed by atoms with van der Waals surface area (Å²) in [6.07, 6.45) is 0. The largest absolute Gasteiger partial charge is 0.457 e. The van der Waals surface area contributed by atoms with Crippen molar-refractivity contribution in [3.8, 4) is 11.5 Å². The van der Waals surface area contributed by atoms with Gasteiger partial charge in [0.1, 0.15) is 18.0 Å². The fraction of sp³-hybridized carbons (Fsp3) is 0.320. The van der Waals surface area contributed by atoms with Crippen molar-refractivity contribution in [3.05, 3.63) is 71.4 Å². The van der Waals surface area contributed by atoms with Crippen LogP contribution in [-0.4, -0.2) is 79.1 Å². The zero-order chi connectivity index (χ0) is 24.4. The first-order chi connectivity index (χ1) is 17.0. The third kappa shape index (κ3) is 4.84. The molecule has 0 bridgehead atoms. The van der Waals surface area contributed by atoms with Crippen LogP contribution in [0, 0.1) is 0 Å². The Hall–Kier alpha value is -3.89. The first-order valence-corrected chi connectivity index (χ1v) is 11.5. The number of nitrogens with zero attached hydrogens (tertiary/aromatic N) is 3. The summed E-state index contributed by atoms with van der Waals surface area (Å²) < 4.78 is 11.2. The van der Waals surface area contributed by atoms with Crippen molar-refractivity contribution < 1.29 is 23.9 Å². The van der Waals surface area contributed by atoms with Crippen LogP contribution >= 0.6 is 0 Å². The molecule has 3 heterocycles. The maximum absolute atomic E-state index is 13.4. The number of hydrogen-bond acceptors (Lipinski definition) is 6. The van der Waals surface area contributed by atoms with E-state index >= 15 is 0 Å². The van der Waals surface area contributed by atoms with Crippen LogP contribution in [0.25, 0.3) is 0 Å². The maximum Gasteiger partial charge on any atom is 0.322 e. The highest BCUT2D eigenvalue weighted by Gasteiger charge is 2.43. The van der Waals surface area contributed by atoms with Gasteiger partial charge in [0.2, 0.25) is 0 Å². The zero-order valence-corrected chi connectivity index (χ0v) is 19.4. The van der Waals surface area contributed by atoms with Crippen molar-refractivity contribution in [2.45, 2.75) is 6.04 Å². The molecule has 3 aliphatic heterocycles. The molecule has 0 radical (unpaired) electrons. The topological polar surface area (TPSA) is 103 Å². The molecule has 2 aromatic carbocycles. The summed E-state index contributed by atoms with van der Waals surface area (Å²) >= 11 is 0. The third-order valence-electron chi connectivity index (χ3n) is 6.23. The summed E-state index contributed by atoms with van der Waals surface area (Å²) in [4.78, 5) is 41.7. The molecule has 1 atom stereocenters. The van der Waals surface area contributed by atoms with E-state index in [4.69, 9.17) is 9.47 Å². The summed E-state index contributed by atoms with van der Waals surface area (Å²) in [7, 11) is 1.63. The van der Waals surface area contributed by atoms with Gasteiger partial charge in [0.05, 0.1) is 37.1 Å². The SMILES string of the molecule is CN1C(=O)NC(c2cccc(Oc3ccccc3)c2)C2=C1CN(CC(=O)NN1CCOCC1)C2=O. The average molecular weight is 478 g/mol. The molecule has 2 N–H and O–H groups in total. The van der Waals surface area contributed by atoms with Gasteiger partial charge in [-0.05, 0) is 29.8 Å². The van der Waals surface area contributed by atoms with Crippen LogP contribution in [0.15, 0.2) is 65.9 Å². The Balaban J connectivity index is 1.34. The number of amides is 4. The average Bonchev–Trinajstić information content (AvgIpc) is 3.19. The summed E-state index contributed by atoms with van der Waals surface area (Å²) in [6.45, 7) is 2.37. The molecule has 182 valence electrons. The number of carbonyl (C=O) groups is 3. The lowest BCUT2D eigenvalue weighted by Crippen LogP contribution is -2.51. The molecule has 35 heavy (non-hydrogen) atoms. The van der Waals surface area contributed by atoms with E-state index in [0.717, 1.165) is 5.56 Å². The fourth-order valence-electron chi connectivity index (χ4n) is 4.44. The van der Waals surface area contributed by atoms with Crippen LogP contribution in [0.4, 0.5) is 4.79 Å². The Labute approximate surface area is 203 Å². The van der Waals surface area contributed by atoms with E-state index in [-0.39, 0.29) is 30.9 Å². The van der Waals surface area contributed by atoms with E-state index in [0.29, 0.717) is 49.1 Å². The fourth-order valence-corrected chi connectivity index (χ4v) is 4.44. The summed E-state index contributed by atoms with van der Waals surface area (Å²) in [6, 6.07) is 15.7. The van der Waals surface area contributed by atoms with Crippen molar-refractivity contribution in [1.82, 2.24) is 25.6 Å². The molecule has 0 spiro atoms. The van der Waals surface area contributed by atoms with Crippen LogP contribution in [0.3, 0.4) is 0 Å². The number of carbonyl (C=O) groups excluding carboxylic acids is 3. The van der Waals surface area contributed by atoms with Crippen LogP contribution in [0.1, 0.15) is 11.6 Å². The highest BCUT2D eigenvalue weighted by atomic mass is 16.5. The second kappa shape index (κ2) is 9.77. The third-order valence-corrected chi connectivity index (χ3v) is 6.23. The van der Waals surface area contributed by atoms with Gasteiger partial charge in [0.25, 0.3) is 11.8 Å². The highest BCUT2D eigenvalue weighted by Crippen LogP contribution is 2.37. The quantitative estimate of drug-likeness (QED) is 0.656. The normalized spacial score (nSPS) is 20.5. The minimum absolute atomic E-state index is 0.102. The smallest absolute Gasteiger partial charge is 0.322 e. The predicted octanol–water partition coefficient (Wildman–Crippen LogP) is 1.63. The number of benzene rings is 2. The number of hydrogen-bond donors (Lipinski definition) is 2. The zero-order valence-electron chi connectivity index (χ0n) is 19.4. The first kappa shape index (κ1) is 22.9. The van der Waals surface area contributed by atoms with Gasteiger partial charge in [-0.3, -0.25) is 19.9 Å². The van der Waals surface area contributed by atoms with Crippen LogP contribution < -0.4 is 15.5 Å². The molecule has 1 unspecified atom stereocenters. The number of morpholine rings is 1. The Morgan fingerprint density at radius 2 is 1.83 bits per heavy atom. The predicted molar refractivity (Wildman–Crippen MR) is 126 cm³/mol. The minimum Gasteiger partial charge on any atom is -0.457 e. The number of hydrazine groups is 1. The van der Waals surface area contributed by atoms with Crippen LogP contribution in [0.2, 0.25) is 0 Å². The lowest BCUT2D eigenvalue weighted by molar-refractivity contribution is -0.135. The van der Waals surface area contributed by atoms with E-state index in [1.54, 1.807) is 12.1 Å². The number of para-hydroxylation sites is 1. The molecule has 1 saturated heterocycles. The Kier molecular flexibility index (Phi) is 6.39. The van der Waals surface area contributed by atoms with Crippen molar-refractivity contribution >= 4 is 17.8 Å². The Morgan fingerprint density at radius 3 is 2.60 bits per heavy atom. The summed E-state index contributed by atoms with van der Waals surface area (Å²) in [5.41, 5.74) is 4.61. The highest BCUT2D eigenvalue weighted by molar-refractivity contribution is 6.02. The van der Waals surface area contributed by atoms with Crippen molar-refractivity contribution in [2.75, 3.05) is 46.4 Å². The number of likely N-dealkylation sites (N-methyl/N-ethyl adjacent to an activating group) is 1. The van der Waals surface area contributed by atoms with E-state index < -0.39 is 6.04 Å². The van der Waals surface area contributed by atoms with Gasteiger partial charge in [-0.15, -0.1) is 0 Å². The van der Waals surface area contributed by atoms with E-state index in [2.05, 4.69) is 10.7 Å². The summed E-state index contributed by atoms with van der Waals surface area (Å²) in [5, 5.41) is 4.71. The molecule has 0 aliphatic carbocycles. The van der Waals surface area contributed by atoms with Gasteiger partial charge >= 0.3 is 6.03 Å². The molecule has 10 nitrogen and oxygen atoms in total. The molecule has 3 aliphatic rings. The molecule has 1 fully saturated rings.